The van der Waals surface area contributed by atoms with Crippen molar-refractivity contribution in [2.45, 2.75) is 63.0 Å². The van der Waals surface area contributed by atoms with Crippen LogP contribution in [0.4, 0.5) is 19.0 Å². The zero-order chi connectivity index (χ0) is 32.7. The Morgan fingerprint density at radius 1 is 1.11 bits per heavy atom. The molecule has 1 saturated heterocycles. The third-order valence-corrected chi connectivity index (χ3v) is 8.14. The average molecular weight is 647 g/mol. The molecule has 248 valence electrons. The van der Waals surface area contributed by atoms with Gasteiger partial charge in [-0.25, -0.2) is 29.0 Å². The van der Waals surface area contributed by atoms with Crippen molar-refractivity contribution in [2.75, 3.05) is 38.8 Å². The fraction of sp³-hybridized carbons (Fsp3) is 0.500. The second-order valence-electron chi connectivity index (χ2n) is 11.4. The van der Waals surface area contributed by atoms with Crippen molar-refractivity contribution in [1.29, 1.82) is 0 Å². The van der Waals surface area contributed by atoms with Crippen molar-refractivity contribution >= 4 is 17.8 Å². The Morgan fingerprint density at radius 3 is 2.67 bits per heavy atom. The van der Waals surface area contributed by atoms with Crippen LogP contribution in [0.25, 0.3) is 0 Å². The number of hydrogen-bond donors (Lipinski definition) is 1. The number of alkyl halides is 3. The van der Waals surface area contributed by atoms with Crippen LogP contribution in [0.5, 0.6) is 11.6 Å². The Bertz CT molecular complexity index is 1520. The van der Waals surface area contributed by atoms with E-state index in [2.05, 4.69) is 26.3 Å². The molecule has 2 aliphatic rings. The maximum atomic E-state index is 12.7. The Labute approximate surface area is 264 Å². The lowest BCUT2D eigenvalue weighted by atomic mass is 9.85. The third kappa shape index (κ3) is 8.47. The summed E-state index contributed by atoms with van der Waals surface area (Å²) in [5.74, 6) is -2.29. The first kappa shape index (κ1) is 33.0. The van der Waals surface area contributed by atoms with Crippen molar-refractivity contribution in [3.63, 3.8) is 0 Å². The van der Waals surface area contributed by atoms with E-state index >= 15 is 0 Å². The van der Waals surface area contributed by atoms with Crippen LogP contribution < -0.4 is 14.8 Å². The number of carbonyl (C=O) groups is 2. The van der Waals surface area contributed by atoms with Crippen molar-refractivity contribution in [2.24, 2.45) is 7.05 Å². The summed E-state index contributed by atoms with van der Waals surface area (Å²) in [4.78, 5) is 36.5. The van der Waals surface area contributed by atoms with Crippen LogP contribution in [0.3, 0.4) is 0 Å². The molecular formula is C32H37F3N4O7. The number of rotatable bonds is 11. The van der Waals surface area contributed by atoms with Gasteiger partial charge < -0.3 is 19.5 Å². The minimum Gasteiger partial charge on any atom is -0.496 e. The summed E-state index contributed by atoms with van der Waals surface area (Å²) < 4.78 is 56.5. The highest BCUT2D eigenvalue weighted by Gasteiger charge is 2.43. The van der Waals surface area contributed by atoms with Crippen LogP contribution in [0, 0.1) is 0 Å². The van der Waals surface area contributed by atoms with E-state index in [9.17, 15) is 22.8 Å². The van der Waals surface area contributed by atoms with Gasteiger partial charge in [0.05, 0.1) is 25.8 Å². The zero-order valence-corrected chi connectivity index (χ0v) is 25.7. The van der Waals surface area contributed by atoms with Crippen molar-refractivity contribution < 1.29 is 46.7 Å². The molecule has 1 fully saturated rings. The standard InChI is InChI=1S/C32H37F3N4O7/c1-39-28(44-15-11-24-7-5-21-4-3-12-36-30(21)37-24)19-25(38-39)16-23(18-29(40)45-46-31(41)32(33,34)35)26-17-22(6-8-27(26)42-2)20-9-13-43-14-10-20/h5-8,17,19-20,23H,3-4,9-16,18H2,1-2H3,(H,36,37). The topological polar surface area (TPSA) is 123 Å². The van der Waals surface area contributed by atoms with Crippen LogP contribution >= 0.6 is 0 Å². The molecule has 0 amide bonds. The molecule has 14 heteroatoms. The molecule has 0 aliphatic carbocycles. The number of hydrogen-bond acceptors (Lipinski definition) is 10. The summed E-state index contributed by atoms with van der Waals surface area (Å²) >= 11 is 0. The van der Waals surface area contributed by atoms with E-state index in [1.807, 2.05) is 18.2 Å². The second-order valence-corrected chi connectivity index (χ2v) is 11.4. The van der Waals surface area contributed by atoms with Crippen LogP contribution in [0.15, 0.2) is 36.4 Å². The molecule has 46 heavy (non-hydrogen) atoms. The summed E-state index contributed by atoms with van der Waals surface area (Å²) in [5, 5.41) is 7.89. The molecule has 1 unspecified atom stereocenters. The molecule has 0 bridgehead atoms. The molecule has 2 aromatic heterocycles. The van der Waals surface area contributed by atoms with Gasteiger partial charge in [0.15, 0.2) is 0 Å². The number of nitrogens with one attached hydrogen (secondary N) is 1. The lowest BCUT2D eigenvalue weighted by molar-refractivity contribution is -0.286. The van der Waals surface area contributed by atoms with E-state index in [1.54, 1.807) is 23.9 Å². The summed E-state index contributed by atoms with van der Waals surface area (Å²) in [6, 6.07) is 11.5. The molecule has 0 radical (unpaired) electrons. The van der Waals surface area contributed by atoms with Gasteiger partial charge in [-0.05, 0) is 66.8 Å². The van der Waals surface area contributed by atoms with Gasteiger partial charge in [-0.1, -0.05) is 18.2 Å². The van der Waals surface area contributed by atoms with Gasteiger partial charge in [-0.3, -0.25) is 0 Å². The largest absolute Gasteiger partial charge is 0.496 e. The first-order valence-corrected chi connectivity index (χ1v) is 15.2. The molecule has 1 aromatic carbocycles. The molecule has 3 aromatic rings. The smallest absolute Gasteiger partial charge is 0.495 e. The van der Waals surface area contributed by atoms with Gasteiger partial charge >= 0.3 is 18.1 Å². The van der Waals surface area contributed by atoms with Gasteiger partial charge in [-0.2, -0.15) is 18.3 Å². The second kappa shape index (κ2) is 14.8. The monoisotopic (exact) mass is 646 g/mol. The van der Waals surface area contributed by atoms with Crippen LogP contribution in [-0.2, 0) is 50.4 Å². The molecule has 11 nitrogen and oxygen atoms in total. The summed E-state index contributed by atoms with van der Waals surface area (Å²) in [7, 11) is 3.22. The number of benzene rings is 1. The number of anilines is 1. The van der Waals surface area contributed by atoms with Crippen molar-refractivity contribution in [1.82, 2.24) is 14.8 Å². The van der Waals surface area contributed by atoms with Gasteiger partial charge in [0.25, 0.3) is 0 Å². The molecule has 2 aliphatic heterocycles. The third-order valence-electron chi connectivity index (χ3n) is 8.14. The number of aryl methyl sites for hydroxylation is 2. The summed E-state index contributed by atoms with van der Waals surface area (Å²) in [6.45, 7) is 2.51. The van der Waals surface area contributed by atoms with Gasteiger partial charge in [0.2, 0.25) is 5.88 Å². The highest BCUT2D eigenvalue weighted by molar-refractivity contribution is 5.77. The van der Waals surface area contributed by atoms with E-state index in [0.717, 1.165) is 49.3 Å². The van der Waals surface area contributed by atoms with Crippen molar-refractivity contribution in [3.8, 4) is 11.6 Å². The van der Waals surface area contributed by atoms with E-state index in [4.69, 9.17) is 19.2 Å². The predicted octanol–water partition coefficient (Wildman–Crippen LogP) is 4.98. The molecule has 1 atom stereocenters. The van der Waals surface area contributed by atoms with E-state index < -0.39 is 30.5 Å². The highest BCUT2D eigenvalue weighted by atomic mass is 19.4. The van der Waals surface area contributed by atoms with Crippen LogP contribution in [0.2, 0.25) is 0 Å². The normalized spacial score (nSPS) is 15.8. The number of methoxy groups -OCH3 is 1. The number of nitrogens with zero attached hydrogens (tertiary/aromatic N) is 3. The maximum Gasteiger partial charge on any atom is 0.495 e. The lowest BCUT2D eigenvalue weighted by Crippen LogP contribution is -2.27. The molecule has 5 rings (SSSR count). The molecule has 0 spiro atoms. The first-order valence-electron chi connectivity index (χ1n) is 15.2. The quantitative estimate of drug-likeness (QED) is 0.226. The van der Waals surface area contributed by atoms with Gasteiger partial charge in [0.1, 0.15) is 11.6 Å². The Hall–Kier alpha value is -4.33. The number of carbonyl (C=O) groups excluding carboxylic acids is 2. The molecule has 1 N–H and O–H groups in total. The Morgan fingerprint density at radius 2 is 1.91 bits per heavy atom. The fourth-order valence-electron chi connectivity index (χ4n) is 5.78. The van der Waals surface area contributed by atoms with Crippen molar-refractivity contribution in [3.05, 3.63) is 64.5 Å². The number of pyridine rings is 1. The molecule has 4 heterocycles. The molecular weight excluding hydrogens is 609 g/mol. The molecule has 0 saturated carbocycles. The number of ether oxygens (including phenoxy) is 3. The minimum atomic E-state index is -5.31. The Balaban J connectivity index is 1.31. The SMILES string of the molecule is COc1ccc(C2CCOCC2)cc1C(CC(=O)OOC(=O)C(F)(F)F)Cc1cc(OCCc2ccc3c(n2)NCCC3)n(C)n1. The minimum absolute atomic E-state index is 0.186. The zero-order valence-electron chi connectivity index (χ0n) is 25.7. The average Bonchev–Trinajstić information content (AvgIpc) is 3.40. The van der Waals surface area contributed by atoms with E-state index in [1.165, 1.54) is 12.7 Å². The lowest BCUT2D eigenvalue weighted by Gasteiger charge is -2.25. The number of halogens is 3. The van der Waals surface area contributed by atoms with E-state index in [0.29, 0.717) is 49.1 Å². The van der Waals surface area contributed by atoms with Gasteiger partial charge in [0, 0.05) is 50.9 Å². The first-order chi connectivity index (χ1) is 22.1. The van der Waals surface area contributed by atoms with Gasteiger partial charge in [-0.15, -0.1) is 0 Å². The highest BCUT2D eigenvalue weighted by Crippen LogP contribution is 2.37. The van der Waals surface area contributed by atoms with Crippen LogP contribution in [-0.4, -0.2) is 66.4 Å². The predicted molar refractivity (Wildman–Crippen MR) is 159 cm³/mol. The summed E-state index contributed by atoms with van der Waals surface area (Å²) in [5.41, 5.74) is 4.34. The summed E-state index contributed by atoms with van der Waals surface area (Å²) in [6.07, 6.45) is -1.22. The van der Waals surface area contributed by atoms with E-state index in [-0.39, 0.29) is 12.3 Å². The fourth-order valence-corrected chi connectivity index (χ4v) is 5.78. The van der Waals surface area contributed by atoms with Crippen LogP contribution in [0.1, 0.15) is 65.6 Å². The Kier molecular flexibility index (Phi) is 10.7. The number of fused-ring (bicyclic) bond motifs is 1. The number of aromatic nitrogens is 3. The maximum absolute atomic E-state index is 12.7.